The lowest BCUT2D eigenvalue weighted by atomic mass is 10.1. The number of nitrogens with zero attached hydrogens (tertiary/aromatic N) is 2. The van der Waals surface area contributed by atoms with E-state index in [9.17, 15) is 0 Å². The molecule has 0 fully saturated rings. The highest BCUT2D eigenvalue weighted by Gasteiger charge is 2.04. The third kappa shape index (κ3) is 6.68. The van der Waals surface area contributed by atoms with Gasteiger partial charge < -0.3 is 10.6 Å². The van der Waals surface area contributed by atoms with Crippen LogP contribution in [0.3, 0.4) is 0 Å². The summed E-state index contributed by atoms with van der Waals surface area (Å²) in [5.74, 6) is 0.822. The number of thiazole rings is 1. The van der Waals surface area contributed by atoms with E-state index in [-0.39, 0.29) is 24.0 Å². The maximum atomic E-state index is 4.67. The van der Waals surface area contributed by atoms with E-state index in [2.05, 4.69) is 75.5 Å². The molecule has 0 aliphatic heterocycles. The second-order valence-corrected chi connectivity index (χ2v) is 7.31. The minimum Gasteiger partial charge on any atom is -0.357 e. The lowest BCUT2D eigenvalue weighted by Crippen LogP contribution is -2.36. The van der Waals surface area contributed by atoms with Crippen molar-refractivity contribution in [2.75, 3.05) is 6.54 Å². The molecule has 0 unspecified atom stereocenters. The highest BCUT2D eigenvalue weighted by Crippen LogP contribution is 2.16. The van der Waals surface area contributed by atoms with Crippen LogP contribution in [0.1, 0.15) is 34.9 Å². The quantitative estimate of drug-likeness (QED) is 0.330. The average molecular weight is 523 g/mol. The van der Waals surface area contributed by atoms with Crippen LogP contribution in [0.4, 0.5) is 0 Å². The summed E-state index contributed by atoms with van der Waals surface area (Å²) in [6, 6.07) is 6.29. The molecular weight excluding hydrogens is 499 g/mol. The highest BCUT2D eigenvalue weighted by atomic mass is 127. The third-order valence-corrected chi connectivity index (χ3v) is 5.05. The van der Waals surface area contributed by atoms with Crippen molar-refractivity contribution in [1.82, 2.24) is 15.6 Å². The Labute approximate surface area is 173 Å². The monoisotopic (exact) mass is 522 g/mol. The molecule has 0 aliphatic rings. The van der Waals surface area contributed by atoms with Gasteiger partial charge in [-0.15, -0.1) is 35.3 Å². The van der Waals surface area contributed by atoms with Gasteiger partial charge in [-0.2, -0.15) is 0 Å². The number of guanidine groups is 1. The van der Waals surface area contributed by atoms with E-state index in [0.717, 1.165) is 28.4 Å². The smallest absolute Gasteiger partial charge is 0.191 e. The van der Waals surface area contributed by atoms with Gasteiger partial charge in [0.05, 0.1) is 13.1 Å². The number of rotatable bonds is 6. The minimum absolute atomic E-state index is 0. The molecule has 132 valence electrons. The van der Waals surface area contributed by atoms with Crippen LogP contribution in [0.5, 0.6) is 0 Å². The van der Waals surface area contributed by atoms with Gasteiger partial charge in [0.1, 0.15) is 5.01 Å². The van der Waals surface area contributed by atoms with Gasteiger partial charge in [0.2, 0.25) is 0 Å². The van der Waals surface area contributed by atoms with Gasteiger partial charge in [-0.05, 0) is 43.5 Å². The van der Waals surface area contributed by atoms with Crippen LogP contribution in [-0.4, -0.2) is 17.5 Å². The normalized spacial score (nSPS) is 11.1. The van der Waals surface area contributed by atoms with Gasteiger partial charge in [0, 0.05) is 22.1 Å². The van der Waals surface area contributed by atoms with Crippen molar-refractivity contribution in [2.45, 2.75) is 40.3 Å². The van der Waals surface area contributed by atoms with E-state index in [1.165, 1.54) is 16.0 Å². The molecule has 24 heavy (non-hydrogen) atoms. The zero-order valence-electron chi connectivity index (χ0n) is 14.2. The van der Waals surface area contributed by atoms with Crippen molar-refractivity contribution in [3.8, 4) is 0 Å². The molecule has 0 spiro atoms. The van der Waals surface area contributed by atoms with E-state index in [1.807, 2.05) is 6.20 Å². The summed E-state index contributed by atoms with van der Waals surface area (Å²) in [5.41, 5.74) is 2.47. The molecule has 2 rings (SSSR count). The summed E-state index contributed by atoms with van der Waals surface area (Å²) in [6.07, 6.45) is 2.99. The highest BCUT2D eigenvalue weighted by molar-refractivity contribution is 14.0. The van der Waals surface area contributed by atoms with Gasteiger partial charge in [0.15, 0.2) is 5.96 Å². The number of hydrogen-bond acceptors (Lipinski definition) is 3. The number of benzene rings is 1. The van der Waals surface area contributed by atoms with Gasteiger partial charge in [-0.1, -0.05) is 28.9 Å². The maximum absolute atomic E-state index is 4.67. The Morgan fingerprint density at radius 2 is 2.08 bits per heavy atom. The molecule has 2 aromatic rings. The zero-order valence-corrected chi connectivity index (χ0v) is 19.0. The van der Waals surface area contributed by atoms with Crippen LogP contribution in [0.25, 0.3) is 0 Å². The Hall–Kier alpha value is -0.670. The topological polar surface area (TPSA) is 49.3 Å². The number of halogens is 2. The molecule has 1 aromatic carbocycles. The number of hydrogen-bond donors (Lipinski definition) is 2. The predicted molar refractivity (Wildman–Crippen MR) is 117 cm³/mol. The van der Waals surface area contributed by atoms with E-state index in [4.69, 9.17) is 0 Å². The first kappa shape index (κ1) is 21.4. The van der Waals surface area contributed by atoms with Crippen LogP contribution in [0.15, 0.2) is 33.9 Å². The van der Waals surface area contributed by atoms with Crippen molar-refractivity contribution in [2.24, 2.45) is 4.99 Å². The van der Waals surface area contributed by atoms with Crippen LogP contribution < -0.4 is 10.6 Å². The van der Waals surface area contributed by atoms with Gasteiger partial charge >= 0.3 is 0 Å². The van der Waals surface area contributed by atoms with E-state index in [0.29, 0.717) is 13.1 Å². The first-order valence-electron chi connectivity index (χ1n) is 7.83. The predicted octanol–water partition coefficient (Wildman–Crippen LogP) is 4.65. The second-order valence-electron chi connectivity index (χ2n) is 5.19. The summed E-state index contributed by atoms with van der Waals surface area (Å²) in [5, 5.41) is 7.72. The molecule has 1 heterocycles. The molecule has 4 nitrogen and oxygen atoms in total. The van der Waals surface area contributed by atoms with Crippen LogP contribution in [0, 0.1) is 6.92 Å². The van der Waals surface area contributed by atoms with Crippen molar-refractivity contribution in [3.05, 3.63) is 49.9 Å². The zero-order chi connectivity index (χ0) is 16.7. The van der Waals surface area contributed by atoms with Gasteiger partial charge in [0.25, 0.3) is 0 Å². The molecule has 0 saturated heterocycles. The SMILES string of the molecule is CCNC(=NCc1ccc(Br)cc1C)NCc1ncc(CC)s1.I. The number of nitrogens with one attached hydrogen (secondary N) is 2. The van der Waals surface area contributed by atoms with Crippen molar-refractivity contribution >= 4 is 57.2 Å². The standard InChI is InChI=1S/C17H23BrN4S.HI/c1-4-15-10-20-16(23-15)11-22-17(19-5-2)21-9-13-6-7-14(18)8-12(13)3;/h6-8,10H,4-5,9,11H2,1-3H3,(H2,19,21,22);1H. The summed E-state index contributed by atoms with van der Waals surface area (Å²) < 4.78 is 1.10. The van der Waals surface area contributed by atoms with Gasteiger partial charge in [-0.25, -0.2) is 9.98 Å². The lowest BCUT2D eigenvalue weighted by Gasteiger charge is -2.11. The Morgan fingerprint density at radius 1 is 1.29 bits per heavy atom. The first-order chi connectivity index (χ1) is 11.1. The Kier molecular flexibility index (Phi) is 9.84. The maximum Gasteiger partial charge on any atom is 0.191 e. The summed E-state index contributed by atoms with van der Waals surface area (Å²) >= 11 is 5.24. The Balaban J connectivity index is 0.00000288. The Bertz CT molecular complexity index is 672. The molecule has 0 bridgehead atoms. The number of aromatic nitrogens is 1. The summed E-state index contributed by atoms with van der Waals surface area (Å²) in [6.45, 7) is 8.53. The molecule has 2 N–H and O–H groups in total. The lowest BCUT2D eigenvalue weighted by molar-refractivity contribution is 0.811. The fraction of sp³-hybridized carbons (Fsp3) is 0.412. The van der Waals surface area contributed by atoms with Crippen LogP contribution in [-0.2, 0) is 19.5 Å². The van der Waals surface area contributed by atoms with Crippen molar-refractivity contribution in [1.29, 1.82) is 0 Å². The first-order valence-corrected chi connectivity index (χ1v) is 9.44. The number of aryl methyl sites for hydroxylation is 2. The largest absolute Gasteiger partial charge is 0.357 e. The Morgan fingerprint density at radius 3 is 2.71 bits per heavy atom. The third-order valence-electron chi connectivity index (χ3n) is 3.41. The molecule has 0 atom stereocenters. The fourth-order valence-electron chi connectivity index (χ4n) is 2.10. The molecule has 0 amide bonds. The molecule has 0 radical (unpaired) electrons. The average Bonchev–Trinajstić information content (AvgIpc) is 2.99. The van der Waals surface area contributed by atoms with Crippen LogP contribution in [0.2, 0.25) is 0 Å². The van der Waals surface area contributed by atoms with E-state index >= 15 is 0 Å². The second kappa shape index (κ2) is 11.0. The fourth-order valence-corrected chi connectivity index (χ4v) is 3.37. The van der Waals surface area contributed by atoms with E-state index in [1.54, 1.807) is 11.3 Å². The molecule has 7 heteroatoms. The summed E-state index contributed by atoms with van der Waals surface area (Å²) in [4.78, 5) is 10.4. The molecule has 0 saturated carbocycles. The van der Waals surface area contributed by atoms with Gasteiger partial charge in [-0.3, -0.25) is 0 Å². The van der Waals surface area contributed by atoms with E-state index < -0.39 is 0 Å². The minimum atomic E-state index is 0. The number of aliphatic imine (C=N–C) groups is 1. The summed E-state index contributed by atoms with van der Waals surface area (Å²) in [7, 11) is 0. The van der Waals surface area contributed by atoms with Crippen LogP contribution >= 0.6 is 51.2 Å². The van der Waals surface area contributed by atoms with Crippen molar-refractivity contribution in [3.63, 3.8) is 0 Å². The molecule has 0 aliphatic carbocycles. The molecule has 1 aromatic heterocycles. The van der Waals surface area contributed by atoms with Crippen molar-refractivity contribution < 1.29 is 0 Å². The molecular formula is C17H24BrIN4S.